The Labute approximate surface area is 142 Å². The van der Waals surface area contributed by atoms with Gasteiger partial charge in [-0.25, -0.2) is 0 Å². The van der Waals surface area contributed by atoms with Crippen molar-refractivity contribution in [2.24, 2.45) is 0 Å². The molecule has 1 aliphatic rings. The Morgan fingerprint density at radius 1 is 1.35 bits per heavy atom. The van der Waals surface area contributed by atoms with Crippen molar-refractivity contribution in [3.05, 3.63) is 26.6 Å². The highest BCUT2D eigenvalue weighted by atomic mass is 79.9. The zero-order valence-corrected chi connectivity index (χ0v) is 16.0. The van der Waals surface area contributed by atoms with Crippen molar-refractivity contribution in [3.63, 3.8) is 0 Å². The molecule has 0 saturated carbocycles. The summed E-state index contributed by atoms with van der Waals surface area (Å²) in [6.45, 7) is 6.99. The van der Waals surface area contributed by atoms with Crippen molar-refractivity contribution in [1.29, 1.82) is 0 Å². The maximum atomic E-state index is 5.61. The largest absolute Gasteiger partial charge is 0.492 e. The van der Waals surface area contributed by atoms with Gasteiger partial charge in [0.25, 0.3) is 0 Å². The standard InChI is InChI=1S/C15H21Br2NOS/c1-3-19-14-12(16)7-11(8-13(14)17)9-18-10-15(2)5-4-6-20-15/h7-8,18H,3-6,9-10H2,1-2H3. The van der Waals surface area contributed by atoms with E-state index in [1.807, 2.05) is 6.92 Å². The van der Waals surface area contributed by atoms with Crippen LogP contribution in [-0.2, 0) is 6.54 Å². The second-order valence-corrected chi connectivity index (χ2v) is 8.72. The summed E-state index contributed by atoms with van der Waals surface area (Å²) in [5.41, 5.74) is 1.26. The van der Waals surface area contributed by atoms with E-state index in [-0.39, 0.29) is 0 Å². The number of hydrogen-bond acceptors (Lipinski definition) is 3. The third kappa shape index (κ3) is 4.39. The van der Waals surface area contributed by atoms with E-state index in [0.717, 1.165) is 27.8 Å². The van der Waals surface area contributed by atoms with Gasteiger partial charge < -0.3 is 10.1 Å². The SMILES string of the molecule is CCOc1c(Br)cc(CNCC2(C)CCCS2)cc1Br. The van der Waals surface area contributed by atoms with Crippen LogP contribution in [0.4, 0.5) is 0 Å². The lowest BCUT2D eigenvalue weighted by atomic mass is 10.1. The number of benzene rings is 1. The van der Waals surface area contributed by atoms with Gasteiger partial charge in [-0.3, -0.25) is 0 Å². The maximum absolute atomic E-state index is 5.61. The Morgan fingerprint density at radius 2 is 2.05 bits per heavy atom. The first kappa shape index (κ1) is 16.7. The molecule has 0 radical (unpaired) electrons. The van der Waals surface area contributed by atoms with E-state index < -0.39 is 0 Å². The zero-order chi connectivity index (χ0) is 14.6. The third-order valence-electron chi connectivity index (χ3n) is 3.48. The number of rotatable bonds is 6. The van der Waals surface area contributed by atoms with Crippen LogP contribution in [0.25, 0.3) is 0 Å². The summed E-state index contributed by atoms with van der Waals surface area (Å²) in [4.78, 5) is 0. The molecular weight excluding hydrogens is 402 g/mol. The van der Waals surface area contributed by atoms with Crippen LogP contribution >= 0.6 is 43.6 Å². The zero-order valence-electron chi connectivity index (χ0n) is 12.0. The average molecular weight is 423 g/mol. The summed E-state index contributed by atoms with van der Waals surface area (Å²) >= 11 is 9.26. The van der Waals surface area contributed by atoms with Crippen molar-refractivity contribution in [2.45, 2.75) is 38.0 Å². The van der Waals surface area contributed by atoms with Gasteiger partial charge in [-0.05, 0) is 82.0 Å². The van der Waals surface area contributed by atoms with E-state index in [1.165, 1.54) is 24.2 Å². The molecule has 1 unspecified atom stereocenters. The topological polar surface area (TPSA) is 21.3 Å². The van der Waals surface area contributed by atoms with Crippen LogP contribution < -0.4 is 10.1 Å². The molecule has 1 N–H and O–H groups in total. The second-order valence-electron chi connectivity index (χ2n) is 5.33. The van der Waals surface area contributed by atoms with Crippen molar-refractivity contribution in [2.75, 3.05) is 18.9 Å². The molecule has 1 aromatic carbocycles. The van der Waals surface area contributed by atoms with Gasteiger partial charge in [0, 0.05) is 17.8 Å². The molecule has 0 aliphatic carbocycles. The number of thioether (sulfide) groups is 1. The minimum atomic E-state index is 0.416. The molecule has 1 saturated heterocycles. The first-order valence-corrected chi connectivity index (χ1v) is 9.56. The number of nitrogens with one attached hydrogen (secondary N) is 1. The van der Waals surface area contributed by atoms with Gasteiger partial charge in [-0.2, -0.15) is 11.8 Å². The monoisotopic (exact) mass is 421 g/mol. The highest BCUT2D eigenvalue weighted by Crippen LogP contribution is 2.37. The lowest BCUT2D eigenvalue weighted by molar-refractivity contribution is 0.336. The summed E-state index contributed by atoms with van der Waals surface area (Å²) in [6, 6.07) is 4.26. The quantitative estimate of drug-likeness (QED) is 0.697. The second kappa shape index (κ2) is 7.52. The molecule has 2 nitrogen and oxygen atoms in total. The van der Waals surface area contributed by atoms with Gasteiger partial charge >= 0.3 is 0 Å². The van der Waals surface area contributed by atoms with Crippen LogP contribution in [0.3, 0.4) is 0 Å². The van der Waals surface area contributed by atoms with Crippen LogP contribution in [0.15, 0.2) is 21.1 Å². The maximum Gasteiger partial charge on any atom is 0.147 e. The fourth-order valence-corrected chi connectivity index (χ4v) is 5.23. The van der Waals surface area contributed by atoms with Gasteiger partial charge in [-0.1, -0.05) is 0 Å². The fraction of sp³-hybridized carbons (Fsp3) is 0.600. The molecule has 0 amide bonds. The molecule has 1 heterocycles. The van der Waals surface area contributed by atoms with Gasteiger partial charge in [0.05, 0.1) is 15.6 Å². The van der Waals surface area contributed by atoms with Crippen molar-refractivity contribution < 1.29 is 4.74 Å². The van der Waals surface area contributed by atoms with E-state index in [9.17, 15) is 0 Å². The Balaban J connectivity index is 1.93. The summed E-state index contributed by atoms with van der Waals surface area (Å²) in [5.74, 6) is 2.19. The fourth-order valence-electron chi connectivity index (χ4n) is 2.44. The molecule has 20 heavy (non-hydrogen) atoms. The molecule has 0 bridgehead atoms. The van der Waals surface area contributed by atoms with Crippen molar-refractivity contribution >= 4 is 43.6 Å². The summed E-state index contributed by atoms with van der Waals surface area (Å²) in [6.07, 6.45) is 2.67. The minimum absolute atomic E-state index is 0.416. The lowest BCUT2D eigenvalue weighted by Crippen LogP contribution is -2.32. The van der Waals surface area contributed by atoms with E-state index in [4.69, 9.17) is 4.74 Å². The molecule has 5 heteroatoms. The number of hydrogen-bond donors (Lipinski definition) is 1. The first-order chi connectivity index (χ1) is 9.54. The van der Waals surface area contributed by atoms with Gasteiger partial charge in [-0.15, -0.1) is 0 Å². The van der Waals surface area contributed by atoms with E-state index >= 15 is 0 Å². The number of halogens is 2. The van der Waals surface area contributed by atoms with Gasteiger partial charge in [0.2, 0.25) is 0 Å². The van der Waals surface area contributed by atoms with Crippen molar-refractivity contribution in [3.8, 4) is 5.75 Å². The van der Waals surface area contributed by atoms with Crippen LogP contribution in [-0.4, -0.2) is 23.7 Å². The molecule has 112 valence electrons. The molecular formula is C15H21Br2NOS. The molecule has 1 atom stereocenters. The highest BCUT2D eigenvalue weighted by molar-refractivity contribution is 9.11. The molecule has 1 fully saturated rings. The van der Waals surface area contributed by atoms with Gasteiger partial charge in [0.1, 0.15) is 5.75 Å². The smallest absolute Gasteiger partial charge is 0.147 e. The third-order valence-corrected chi connectivity index (χ3v) is 6.19. The Kier molecular flexibility index (Phi) is 6.26. The Morgan fingerprint density at radius 3 is 2.60 bits per heavy atom. The highest BCUT2D eigenvalue weighted by Gasteiger charge is 2.28. The normalized spacial score (nSPS) is 22.2. The molecule has 2 rings (SSSR count). The van der Waals surface area contributed by atoms with Crippen LogP contribution in [0.1, 0.15) is 32.3 Å². The summed E-state index contributed by atoms with van der Waals surface area (Å²) in [7, 11) is 0. The van der Waals surface area contributed by atoms with E-state index in [2.05, 4.69) is 68.0 Å². The Hall–Kier alpha value is 0.290. The van der Waals surface area contributed by atoms with Crippen LogP contribution in [0, 0.1) is 0 Å². The summed E-state index contributed by atoms with van der Waals surface area (Å²) < 4.78 is 8.04. The summed E-state index contributed by atoms with van der Waals surface area (Å²) in [5, 5.41) is 3.59. The average Bonchev–Trinajstić information content (AvgIpc) is 2.81. The molecule has 1 aliphatic heterocycles. The van der Waals surface area contributed by atoms with Crippen LogP contribution in [0.5, 0.6) is 5.75 Å². The van der Waals surface area contributed by atoms with Crippen molar-refractivity contribution in [1.82, 2.24) is 5.32 Å². The molecule has 1 aromatic rings. The lowest BCUT2D eigenvalue weighted by Gasteiger charge is -2.23. The molecule has 0 spiro atoms. The molecule has 0 aromatic heterocycles. The first-order valence-electron chi connectivity index (χ1n) is 6.99. The number of ether oxygens (including phenoxy) is 1. The predicted octanol–water partition coefficient (Wildman–Crippen LogP) is 4.99. The van der Waals surface area contributed by atoms with E-state index in [1.54, 1.807) is 0 Å². The Bertz CT molecular complexity index is 438. The minimum Gasteiger partial charge on any atom is -0.492 e. The van der Waals surface area contributed by atoms with Crippen LogP contribution in [0.2, 0.25) is 0 Å². The van der Waals surface area contributed by atoms with Gasteiger partial charge in [0.15, 0.2) is 0 Å². The predicted molar refractivity (Wildman–Crippen MR) is 94.8 cm³/mol. The van der Waals surface area contributed by atoms with E-state index in [0.29, 0.717) is 11.4 Å².